The second-order valence-corrected chi connectivity index (χ2v) is 8.52. The zero-order valence-electron chi connectivity index (χ0n) is 18.8. The first-order valence-corrected chi connectivity index (χ1v) is 11.4. The fourth-order valence-corrected chi connectivity index (χ4v) is 4.23. The minimum atomic E-state index is 0.214. The maximum atomic E-state index is 6.13. The normalized spacial score (nSPS) is 22.2. The Balaban J connectivity index is 1.38. The number of morpholine rings is 1. The first-order valence-electron chi connectivity index (χ1n) is 11.4. The lowest BCUT2D eigenvalue weighted by molar-refractivity contribution is -0.0502. The summed E-state index contributed by atoms with van der Waals surface area (Å²) in [6, 6.07) is 11.1. The Morgan fingerprint density at radius 1 is 1.26 bits per heavy atom. The topological polar surface area (TPSA) is 79.0 Å². The number of rotatable bonds is 7. The summed E-state index contributed by atoms with van der Waals surface area (Å²) >= 11 is 0. The largest absolute Gasteiger partial charge is 0.373 e. The molecule has 31 heavy (non-hydrogen) atoms. The average Bonchev–Trinajstić information content (AvgIpc) is 3.42. The van der Waals surface area contributed by atoms with E-state index in [1.807, 2.05) is 0 Å². The highest BCUT2D eigenvalue weighted by atomic mass is 16.5. The van der Waals surface area contributed by atoms with Crippen molar-refractivity contribution in [3.63, 3.8) is 0 Å². The van der Waals surface area contributed by atoms with Gasteiger partial charge in [-0.25, -0.2) is 0 Å². The molecule has 2 aliphatic rings. The van der Waals surface area contributed by atoms with E-state index in [-0.39, 0.29) is 12.0 Å². The van der Waals surface area contributed by atoms with Crippen LogP contribution in [0.5, 0.6) is 0 Å². The maximum absolute atomic E-state index is 6.13. The summed E-state index contributed by atoms with van der Waals surface area (Å²) in [5, 5.41) is 7.48. The number of benzene rings is 1. The molecule has 2 atom stereocenters. The molecule has 4 rings (SSSR count). The smallest absolute Gasteiger partial charge is 0.228 e. The van der Waals surface area contributed by atoms with Crippen LogP contribution in [0.3, 0.4) is 0 Å². The van der Waals surface area contributed by atoms with Gasteiger partial charge in [-0.2, -0.15) is 4.98 Å². The quantitative estimate of drug-likeness (QED) is 0.537. The van der Waals surface area contributed by atoms with E-state index in [0.717, 1.165) is 51.1 Å². The van der Waals surface area contributed by atoms with Crippen LogP contribution in [0.2, 0.25) is 0 Å². The molecule has 1 aromatic heterocycles. The monoisotopic (exact) mass is 426 g/mol. The number of ether oxygens (including phenoxy) is 1. The van der Waals surface area contributed by atoms with Crippen molar-refractivity contribution < 1.29 is 9.26 Å². The van der Waals surface area contributed by atoms with E-state index < -0.39 is 0 Å². The number of fused-ring (bicyclic) bond motifs is 1. The molecular weight excluding hydrogens is 392 g/mol. The van der Waals surface area contributed by atoms with Crippen LogP contribution in [-0.2, 0) is 17.7 Å². The molecule has 168 valence electrons. The number of hydrogen-bond acceptors (Lipinski definition) is 6. The molecule has 0 radical (unpaired) electrons. The summed E-state index contributed by atoms with van der Waals surface area (Å²) in [7, 11) is 0. The summed E-state index contributed by atoms with van der Waals surface area (Å²) < 4.78 is 11.5. The van der Waals surface area contributed by atoms with Gasteiger partial charge in [-0.3, -0.25) is 9.89 Å². The number of aliphatic imine (C=N–C) groups is 1. The van der Waals surface area contributed by atoms with Crippen molar-refractivity contribution in [1.82, 2.24) is 25.3 Å². The first kappa shape index (κ1) is 21.8. The minimum Gasteiger partial charge on any atom is -0.373 e. The Kier molecular flexibility index (Phi) is 7.19. The number of hydrogen-bond donors (Lipinski definition) is 1. The molecule has 0 spiro atoms. The van der Waals surface area contributed by atoms with Crippen molar-refractivity contribution in [3.05, 3.63) is 47.6 Å². The lowest BCUT2D eigenvalue weighted by Crippen LogP contribution is -2.50. The Hall–Kier alpha value is -2.45. The van der Waals surface area contributed by atoms with Crippen molar-refractivity contribution in [1.29, 1.82) is 0 Å². The maximum Gasteiger partial charge on any atom is 0.228 e. The third-order valence-electron chi connectivity index (χ3n) is 5.87. The van der Waals surface area contributed by atoms with Crippen LogP contribution in [0.25, 0.3) is 0 Å². The fraction of sp³-hybridized carbons (Fsp3) is 0.609. The third kappa shape index (κ3) is 5.43. The van der Waals surface area contributed by atoms with E-state index >= 15 is 0 Å². The number of nitrogens with one attached hydrogen (secondary N) is 1. The van der Waals surface area contributed by atoms with Gasteiger partial charge in [-0.15, -0.1) is 0 Å². The van der Waals surface area contributed by atoms with Crippen molar-refractivity contribution in [3.8, 4) is 0 Å². The van der Waals surface area contributed by atoms with Gasteiger partial charge < -0.3 is 19.5 Å². The van der Waals surface area contributed by atoms with Gasteiger partial charge in [0.05, 0.1) is 25.3 Å². The lowest BCUT2D eigenvalue weighted by Gasteiger charge is -2.36. The molecule has 2 unspecified atom stereocenters. The van der Waals surface area contributed by atoms with Gasteiger partial charge in [0.25, 0.3) is 0 Å². The Morgan fingerprint density at radius 2 is 2.10 bits per heavy atom. The average molecular weight is 427 g/mol. The molecule has 8 heteroatoms. The number of guanidine groups is 1. The van der Waals surface area contributed by atoms with Crippen molar-refractivity contribution >= 4 is 5.96 Å². The predicted octanol–water partition coefficient (Wildman–Crippen LogP) is 2.29. The van der Waals surface area contributed by atoms with E-state index in [9.17, 15) is 0 Å². The van der Waals surface area contributed by atoms with E-state index in [1.54, 1.807) is 0 Å². The van der Waals surface area contributed by atoms with Gasteiger partial charge in [0.1, 0.15) is 0 Å². The zero-order valence-corrected chi connectivity index (χ0v) is 18.8. The molecule has 3 heterocycles. The van der Waals surface area contributed by atoms with Crippen LogP contribution in [0, 0.1) is 0 Å². The molecule has 8 nitrogen and oxygen atoms in total. The second kappa shape index (κ2) is 10.2. The lowest BCUT2D eigenvalue weighted by atomic mass is 10.1. The summed E-state index contributed by atoms with van der Waals surface area (Å²) in [5.74, 6) is 2.61. The number of likely N-dealkylation sites (tertiary alicyclic amines) is 1. The Bertz CT molecular complexity index is 853. The minimum absolute atomic E-state index is 0.214. The highest BCUT2D eigenvalue weighted by Crippen LogP contribution is 2.24. The van der Waals surface area contributed by atoms with Gasteiger partial charge in [-0.1, -0.05) is 49.3 Å². The Morgan fingerprint density at radius 3 is 2.84 bits per heavy atom. The van der Waals surface area contributed by atoms with Gasteiger partial charge in [0, 0.05) is 45.1 Å². The molecule has 1 N–H and O–H groups in total. The van der Waals surface area contributed by atoms with Crippen LogP contribution in [-0.4, -0.2) is 77.4 Å². The van der Waals surface area contributed by atoms with Crippen LogP contribution in [0.4, 0.5) is 0 Å². The van der Waals surface area contributed by atoms with Crippen LogP contribution in [0.1, 0.15) is 44.0 Å². The summed E-state index contributed by atoms with van der Waals surface area (Å²) in [4.78, 5) is 14.2. The standard InChI is InChI=1S/C23H34N6O2/c1-4-24-23(25-11-10-21-26-22(17(2)3)27-31-21)29-15-19-20(16-29)30-13-12-28(19)14-18-8-6-5-7-9-18/h5-9,17,19-20H,4,10-16H2,1-3H3,(H,24,25). The fourth-order valence-electron chi connectivity index (χ4n) is 4.23. The van der Waals surface area contributed by atoms with E-state index in [4.69, 9.17) is 14.3 Å². The van der Waals surface area contributed by atoms with Gasteiger partial charge in [-0.05, 0) is 12.5 Å². The van der Waals surface area contributed by atoms with Crippen molar-refractivity contribution in [2.45, 2.75) is 51.8 Å². The molecule has 0 aliphatic carbocycles. The Labute approximate surface area is 184 Å². The molecule has 2 fully saturated rings. The van der Waals surface area contributed by atoms with E-state index in [1.165, 1.54) is 5.56 Å². The SMILES string of the molecule is CCNC(=NCCc1nc(C(C)C)no1)N1CC2OCCN(Cc3ccccc3)C2C1. The molecule has 2 aromatic rings. The molecule has 1 aromatic carbocycles. The molecule has 0 bridgehead atoms. The van der Waals surface area contributed by atoms with Crippen molar-refractivity contribution in [2.75, 3.05) is 39.3 Å². The summed E-state index contributed by atoms with van der Waals surface area (Å²) in [5.41, 5.74) is 1.35. The van der Waals surface area contributed by atoms with Gasteiger partial charge in [0.15, 0.2) is 11.8 Å². The van der Waals surface area contributed by atoms with E-state index in [2.05, 4.69) is 76.4 Å². The van der Waals surface area contributed by atoms with Crippen LogP contribution >= 0.6 is 0 Å². The molecule has 2 aliphatic heterocycles. The molecule has 0 saturated carbocycles. The van der Waals surface area contributed by atoms with Gasteiger partial charge in [0.2, 0.25) is 5.89 Å². The highest BCUT2D eigenvalue weighted by molar-refractivity contribution is 5.80. The zero-order chi connectivity index (χ0) is 21.6. The number of aromatic nitrogens is 2. The summed E-state index contributed by atoms with van der Waals surface area (Å²) in [6.07, 6.45) is 0.859. The summed E-state index contributed by atoms with van der Waals surface area (Å²) in [6.45, 7) is 12.2. The van der Waals surface area contributed by atoms with Crippen LogP contribution in [0.15, 0.2) is 39.8 Å². The molecular formula is C23H34N6O2. The van der Waals surface area contributed by atoms with E-state index in [0.29, 0.717) is 24.9 Å². The highest BCUT2D eigenvalue weighted by Gasteiger charge is 2.41. The second-order valence-electron chi connectivity index (χ2n) is 8.52. The molecule has 2 saturated heterocycles. The predicted molar refractivity (Wildman–Crippen MR) is 120 cm³/mol. The van der Waals surface area contributed by atoms with Crippen molar-refractivity contribution in [2.24, 2.45) is 4.99 Å². The van der Waals surface area contributed by atoms with Crippen LogP contribution < -0.4 is 5.32 Å². The first-order chi connectivity index (χ1) is 15.1. The van der Waals surface area contributed by atoms with Gasteiger partial charge >= 0.3 is 0 Å². The molecule has 0 amide bonds. The number of nitrogens with zero attached hydrogens (tertiary/aromatic N) is 5. The third-order valence-corrected chi connectivity index (χ3v) is 5.87.